The third-order valence-corrected chi connectivity index (χ3v) is 12.8. The lowest BCUT2D eigenvalue weighted by Gasteiger charge is -2.14. The van der Waals surface area contributed by atoms with Crippen LogP contribution in [0.4, 0.5) is 5.69 Å². The van der Waals surface area contributed by atoms with E-state index in [0.717, 1.165) is 31.2 Å². The van der Waals surface area contributed by atoms with E-state index in [-0.39, 0.29) is 4.90 Å². The molecule has 0 saturated heterocycles. The van der Waals surface area contributed by atoms with Crippen molar-refractivity contribution < 1.29 is 17.5 Å². The van der Waals surface area contributed by atoms with Gasteiger partial charge in [-0.25, -0.2) is 8.42 Å². The minimum Gasteiger partial charge on any atom is -0.744 e. The Balaban J connectivity index is 0.000000371. The van der Waals surface area contributed by atoms with Crippen molar-refractivity contribution in [3.05, 3.63) is 179 Å². The second kappa shape index (κ2) is 16.2. The Morgan fingerprint density at radius 3 is 2.09 bits per heavy atom. The Labute approximate surface area is 342 Å². The maximum Gasteiger partial charge on any atom is 0.214 e. The summed E-state index contributed by atoms with van der Waals surface area (Å²) < 4.78 is 36.3. The summed E-state index contributed by atoms with van der Waals surface area (Å²) in [7, 11) is -4.27. The van der Waals surface area contributed by atoms with E-state index in [2.05, 4.69) is 164 Å². The molecule has 9 rings (SSSR count). The van der Waals surface area contributed by atoms with Crippen LogP contribution in [0.5, 0.6) is 0 Å². The van der Waals surface area contributed by atoms with Crippen LogP contribution < -0.4 is 5.35 Å². The third kappa shape index (κ3) is 7.27. The maximum absolute atomic E-state index is 10.4. The van der Waals surface area contributed by atoms with Gasteiger partial charge in [-0.05, 0) is 103 Å². The monoisotopic (exact) mass is 782 g/mol. The molecule has 2 atom stereocenters. The molecule has 2 aliphatic rings. The first-order valence-corrected chi connectivity index (χ1v) is 21.9. The number of aryl methyl sites for hydroxylation is 1. The number of hydrogen-bond donors (Lipinski definition) is 0. The first-order chi connectivity index (χ1) is 28.1. The molecular formula is C52H50N2O3S. The lowest BCUT2D eigenvalue weighted by molar-refractivity contribution is -0.476. The normalized spacial score (nSPS) is 16.4. The van der Waals surface area contributed by atoms with Gasteiger partial charge < -0.3 is 9.12 Å². The van der Waals surface area contributed by atoms with Gasteiger partial charge in [0.1, 0.15) is 10.1 Å². The largest absolute Gasteiger partial charge is 0.744 e. The highest BCUT2D eigenvalue weighted by atomic mass is 32.2. The van der Waals surface area contributed by atoms with Gasteiger partial charge in [0.2, 0.25) is 11.4 Å². The summed E-state index contributed by atoms with van der Waals surface area (Å²) in [6.07, 6.45) is 13.9. The molecule has 0 N–H and O–H groups in total. The highest BCUT2D eigenvalue weighted by molar-refractivity contribution is 7.85. The van der Waals surface area contributed by atoms with Crippen LogP contribution in [0.1, 0.15) is 76.1 Å². The van der Waals surface area contributed by atoms with Crippen LogP contribution in [0, 0.1) is 6.92 Å². The van der Waals surface area contributed by atoms with Crippen molar-refractivity contribution in [2.75, 3.05) is 0 Å². The first-order valence-electron chi connectivity index (χ1n) is 20.5. The minimum atomic E-state index is -4.27. The topological polar surface area (TPSA) is 65.1 Å². The fourth-order valence-electron chi connectivity index (χ4n) is 8.74. The quantitative estimate of drug-likeness (QED) is 0.108. The SMILES string of the molecule is CCC(C)n1/c(=C/C=C2\CCC(/C=C/C3=[N+](C(C)CC)c4cccc5cccc3c45)=C2c2ccccc2)c2cccc3cccc1c32.Cc1ccc(S(=O)(=O)[O-])cc1. The zero-order valence-electron chi connectivity index (χ0n) is 33.9. The number of aromatic nitrogens is 1. The molecule has 0 bridgehead atoms. The van der Waals surface area contributed by atoms with Gasteiger partial charge in [-0.2, -0.15) is 4.58 Å². The van der Waals surface area contributed by atoms with Gasteiger partial charge in [0, 0.05) is 46.2 Å². The van der Waals surface area contributed by atoms with Crippen LogP contribution in [0.25, 0.3) is 44.1 Å². The van der Waals surface area contributed by atoms with Crippen LogP contribution in [-0.4, -0.2) is 33.9 Å². The summed E-state index contributed by atoms with van der Waals surface area (Å²) in [6, 6.07) is 44.6. The van der Waals surface area contributed by atoms with Crippen molar-refractivity contribution in [3.8, 4) is 0 Å². The second-order valence-corrected chi connectivity index (χ2v) is 17.0. The number of nitrogens with zero attached hydrogens (tertiary/aromatic N) is 2. The Bertz CT molecular complexity index is 2960. The van der Waals surface area contributed by atoms with Crippen LogP contribution in [0.3, 0.4) is 0 Å². The molecule has 7 aromatic rings. The maximum atomic E-state index is 10.4. The zero-order chi connectivity index (χ0) is 40.6. The van der Waals surface area contributed by atoms with Crippen molar-refractivity contribution >= 4 is 65.6 Å². The first kappa shape index (κ1) is 39.0. The summed E-state index contributed by atoms with van der Waals surface area (Å²) in [4.78, 5) is -0.178. The van der Waals surface area contributed by atoms with Gasteiger partial charge in [0.05, 0.1) is 15.8 Å². The Hall–Kier alpha value is -5.82. The van der Waals surface area contributed by atoms with E-state index in [4.69, 9.17) is 0 Å². The molecule has 0 spiro atoms. The van der Waals surface area contributed by atoms with Crippen molar-refractivity contribution in [2.45, 2.75) is 77.3 Å². The van der Waals surface area contributed by atoms with E-state index >= 15 is 0 Å². The Kier molecular flexibility index (Phi) is 10.9. The molecule has 58 heavy (non-hydrogen) atoms. The van der Waals surface area contributed by atoms with Gasteiger partial charge in [-0.15, -0.1) is 0 Å². The Morgan fingerprint density at radius 2 is 1.40 bits per heavy atom. The van der Waals surface area contributed by atoms with Crippen molar-refractivity contribution in [1.82, 2.24) is 4.57 Å². The third-order valence-electron chi connectivity index (χ3n) is 12.0. The molecule has 5 nitrogen and oxygen atoms in total. The molecule has 2 unspecified atom stereocenters. The summed E-state index contributed by atoms with van der Waals surface area (Å²) in [5, 5.41) is 8.04. The molecule has 6 aromatic carbocycles. The Morgan fingerprint density at radius 1 is 0.724 bits per heavy atom. The van der Waals surface area contributed by atoms with Crippen molar-refractivity contribution in [2.24, 2.45) is 0 Å². The zero-order valence-corrected chi connectivity index (χ0v) is 34.8. The van der Waals surface area contributed by atoms with Crippen molar-refractivity contribution in [3.63, 3.8) is 0 Å². The van der Waals surface area contributed by atoms with Gasteiger partial charge in [0.15, 0.2) is 6.04 Å². The predicted octanol–water partition coefficient (Wildman–Crippen LogP) is 12.0. The van der Waals surface area contributed by atoms with E-state index in [0.29, 0.717) is 12.1 Å². The van der Waals surface area contributed by atoms with Crippen LogP contribution >= 0.6 is 0 Å². The number of hydrogen-bond acceptors (Lipinski definition) is 3. The molecular weight excluding hydrogens is 733 g/mol. The predicted molar refractivity (Wildman–Crippen MR) is 241 cm³/mol. The molecule has 1 aromatic heterocycles. The average molecular weight is 783 g/mol. The minimum absolute atomic E-state index is 0.178. The molecule has 0 fully saturated rings. The fourth-order valence-corrected chi connectivity index (χ4v) is 9.21. The standard InChI is InChI=1S/C45H43N2.C7H8O3S/c1-5-30(3)46-39(37-20-10-16-33-18-12-22-41(46)44(33)37)28-26-35-24-25-36(43(35)32-14-8-7-9-15-32)27-29-40-38-21-11-17-34-19-13-23-42(45(34)38)47(40)31(4)6-2;1-6-2-4-7(5-3-6)11(8,9)10/h7-23,26-31H,5-6,24-25H2,1-4H3;2-5H,1H3,(H,8,9,10)/q+1;/p-1. The van der Waals surface area contributed by atoms with E-state index in [1.165, 1.54) is 89.2 Å². The molecule has 2 heterocycles. The van der Waals surface area contributed by atoms with Gasteiger partial charge >= 0.3 is 0 Å². The smallest absolute Gasteiger partial charge is 0.214 e. The number of benzene rings is 6. The molecule has 0 radical (unpaired) electrons. The number of allylic oxidation sites excluding steroid dienone is 6. The van der Waals surface area contributed by atoms with E-state index in [9.17, 15) is 13.0 Å². The van der Waals surface area contributed by atoms with Gasteiger partial charge in [0.25, 0.3) is 0 Å². The van der Waals surface area contributed by atoms with Crippen LogP contribution in [0.2, 0.25) is 0 Å². The summed E-state index contributed by atoms with van der Waals surface area (Å²) in [5.41, 5.74) is 11.8. The molecule has 1 aliphatic carbocycles. The molecule has 0 amide bonds. The van der Waals surface area contributed by atoms with Crippen LogP contribution in [0.15, 0.2) is 162 Å². The molecule has 1 aliphatic heterocycles. The molecule has 6 heteroatoms. The highest BCUT2D eigenvalue weighted by Crippen LogP contribution is 2.41. The van der Waals surface area contributed by atoms with E-state index < -0.39 is 10.1 Å². The molecule has 292 valence electrons. The second-order valence-electron chi connectivity index (χ2n) is 15.6. The highest BCUT2D eigenvalue weighted by Gasteiger charge is 2.33. The van der Waals surface area contributed by atoms with E-state index in [1.54, 1.807) is 12.1 Å². The lowest BCUT2D eigenvalue weighted by atomic mass is 9.97. The summed E-state index contributed by atoms with van der Waals surface area (Å²) in [5.74, 6) is 0. The van der Waals surface area contributed by atoms with Gasteiger partial charge in [-0.3, -0.25) is 0 Å². The van der Waals surface area contributed by atoms with Crippen LogP contribution in [-0.2, 0) is 10.1 Å². The summed E-state index contributed by atoms with van der Waals surface area (Å²) >= 11 is 0. The lowest BCUT2D eigenvalue weighted by Crippen LogP contribution is -2.22. The average Bonchev–Trinajstić information content (AvgIpc) is 3.90. The van der Waals surface area contributed by atoms with E-state index in [1.807, 2.05) is 6.92 Å². The van der Waals surface area contributed by atoms with Crippen molar-refractivity contribution in [1.29, 1.82) is 0 Å². The summed E-state index contributed by atoms with van der Waals surface area (Å²) in [6.45, 7) is 11.1. The fraction of sp³-hybridized carbons (Fsp3) is 0.212. The number of rotatable bonds is 9. The molecule has 0 saturated carbocycles. The van der Waals surface area contributed by atoms with Gasteiger partial charge in [-0.1, -0.05) is 129 Å².